The van der Waals surface area contributed by atoms with Crippen LogP contribution in [0.4, 0.5) is 11.9 Å². The fourth-order valence-corrected chi connectivity index (χ4v) is 1.40. The molecule has 0 saturated carbocycles. The first-order chi connectivity index (χ1) is 9.26. The van der Waals surface area contributed by atoms with Crippen LogP contribution in [0.1, 0.15) is 13.3 Å². The molecule has 0 spiro atoms. The summed E-state index contributed by atoms with van der Waals surface area (Å²) < 4.78 is 10.7. The van der Waals surface area contributed by atoms with E-state index in [1.54, 1.807) is 7.05 Å². The summed E-state index contributed by atoms with van der Waals surface area (Å²) in [5.74, 6) is 0.853. The van der Waals surface area contributed by atoms with Gasteiger partial charge in [-0.25, -0.2) is 0 Å². The van der Waals surface area contributed by atoms with Gasteiger partial charge in [0.2, 0.25) is 17.2 Å². The minimum absolute atomic E-state index is 0.149. The molecule has 1 heterocycles. The number of hydrogen-bond donors (Lipinski definition) is 2. The highest BCUT2D eigenvalue weighted by Gasteiger charge is 2.02. The van der Waals surface area contributed by atoms with Crippen molar-refractivity contribution in [3.63, 3.8) is 0 Å². The number of rotatable bonds is 10. The van der Waals surface area contributed by atoms with Gasteiger partial charge in [-0.1, -0.05) is 6.92 Å². The maximum atomic E-state index is 5.75. The predicted octanol–water partition coefficient (Wildman–Crippen LogP) is 1.42. The summed E-state index contributed by atoms with van der Waals surface area (Å²) in [5.41, 5.74) is 0. The molecular weight excluding hydrogens is 270 g/mol. The zero-order valence-corrected chi connectivity index (χ0v) is 12.0. The van der Waals surface area contributed by atoms with Gasteiger partial charge in [-0.05, 0) is 18.0 Å². The number of aromatic nitrogens is 3. The summed E-state index contributed by atoms with van der Waals surface area (Å²) in [4.78, 5) is 11.9. The summed E-state index contributed by atoms with van der Waals surface area (Å²) in [7, 11) is 1.72. The van der Waals surface area contributed by atoms with Gasteiger partial charge in [0.1, 0.15) is 0 Å². The third kappa shape index (κ3) is 7.09. The largest absolute Gasteiger partial charge is 0.379 e. The molecule has 0 aromatic carbocycles. The maximum absolute atomic E-state index is 5.75. The van der Waals surface area contributed by atoms with Crippen LogP contribution in [0.25, 0.3) is 0 Å². The Morgan fingerprint density at radius 1 is 1.00 bits per heavy atom. The van der Waals surface area contributed by atoms with E-state index in [9.17, 15) is 0 Å². The summed E-state index contributed by atoms with van der Waals surface area (Å²) in [6.45, 7) is 5.20. The molecule has 0 aliphatic carbocycles. The summed E-state index contributed by atoms with van der Waals surface area (Å²) in [6, 6.07) is 0. The molecule has 1 aromatic heterocycles. The SMILES string of the molecule is CCCOCCOCCNc1nc(Cl)nc(NC)n1. The molecule has 0 fully saturated rings. The van der Waals surface area contributed by atoms with E-state index in [2.05, 4.69) is 32.5 Å². The number of hydrogen-bond acceptors (Lipinski definition) is 7. The molecule has 0 amide bonds. The van der Waals surface area contributed by atoms with E-state index in [0.29, 0.717) is 38.3 Å². The lowest BCUT2D eigenvalue weighted by atomic mass is 10.5. The van der Waals surface area contributed by atoms with Crippen molar-refractivity contribution in [1.29, 1.82) is 0 Å². The molecule has 0 unspecified atom stereocenters. The smallest absolute Gasteiger partial charge is 0.228 e. The van der Waals surface area contributed by atoms with Crippen LogP contribution in [-0.4, -0.2) is 55.0 Å². The van der Waals surface area contributed by atoms with Crippen LogP contribution in [-0.2, 0) is 9.47 Å². The predicted molar refractivity (Wildman–Crippen MR) is 74.8 cm³/mol. The van der Waals surface area contributed by atoms with Crippen LogP contribution in [0.2, 0.25) is 5.28 Å². The second-order valence-electron chi connectivity index (χ2n) is 3.65. The van der Waals surface area contributed by atoms with Crippen molar-refractivity contribution >= 4 is 23.5 Å². The summed E-state index contributed by atoms with van der Waals surface area (Å²) in [6.07, 6.45) is 1.02. The number of nitrogens with one attached hydrogen (secondary N) is 2. The molecule has 0 bridgehead atoms. The quantitative estimate of drug-likeness (QED) is 0.630. The van der Waals surface area contributed by atoms with Crippen molar-refractivity contribution in [1.82, 2.24) is 15.0 Å². The van der Waals surface area contributed by atoms with Gasteiger partial charge in [0.05, 0.1) is 19.8 Å². The Bertz CT molecular complexity index is 367. The number of anilines is 2. The van der Waals surface area contributed by atoms with Gasteiger partial charge >= 0.3 is 0 Å². The Morgan fingerprint density at radius 3 is 2.37 bits per heavy atom. The Kier molecular flexibility index (Phi) is 8.11. The summed E-state index contributed by atoms with van der Waals surface area (Å²) in [5, 5.41) is 5.96. The van der Waals surface area contributed by atoms with Crippen LogP contribution in [0.5, 0.6) is 0 Å². The molecule has 0 atom stereocenters. The third-order valence-electron chi connectivity index (χ3n) is 2.08. The molecule has 19 heavy (non-hydrogen) atoms. The molecular formula is C11H20ClN5O2. The average molecular weight is 290 g/mol. The van der Waals surface area contributed by atoms with E-state index >= 15 is 0 Å². The van der Waals surface area contributed by atoms with Crippen molar-refractivity contribution < 1.29 is 9.47 Å². The molecule has 0 aliphatic rings. The maximum Gasteiger partial charge on any atom is 0.228 e. The number of nitrogens with zero attached hydrogens (tertiary/aromatic N) is 3. The molecule has 1 aromatic rings. The first-order valence-electron chi connectivity index (χ1n) is 6.25. The van der Waals surface area contributed by atoms with E-state index in [1.807, 2.05) is 0 Å². The van der Waals surface area contributed by atoms with Crippen molar-refractivity contribution in [2.45, 2.75) is 13.3 Å². The van der Waals surface area contributed by atoms with E-state index in [-0.39, 0.29) is 5.28 Å². The molecule has 108 valence electrons. The Morgan fingerprint density at radius 2 is 1.68 bits per heavy atom. The second kappa shape index (κ2) is 9.71. The molecule has 1 rings (SSSR count). The van der Waals surface area contributed by atoms with E-state index in [1.165, 1.54) is 0 Å². The Balaban J connectivity index is 2.13. The first kappa shape index (κ1) is 15.9. The fraction of sp³-hybridized carbons (Fsp3) is 0.727. The fourth-order valence-electron chi connectivity index (χ4n) is 1.24. The van der Waals surface area contributed by atoms with Gasteiger partial charge in [-0.2, -0.15) is 15.0 Å². The van der Waals surface area contributed by atoms with Gasteiger partial charge in [-0.15, -0.1) is 0 Å². The molecule has 0 saturated heterocycles. The van der Waals surface area contributed by atoms with E-state index in [4.69, 9.17) is 21.1 Å². The summed E-state index contributed by atoms with van der Waals surface area (Å²) >= 11 is 5.75. The molecule has 7 nitrogen and oxygen atoms in total. The Hall–Kier alpha value is -1.18. The van der Waals surface area contributed by atoms with Gasteiger partial charge < -0.3 is 20.1 Å². The van der Waals surface area contributed by atoms with Crippen LogP contribution in [0.3, 0.4) is 0 Å². The zero-order valence-electron chi connectivity index (χ0n) is 11.3. The molecule has 0 radical (unpaired) electrons. The molecule has 0 aliphatic heterocycles. The van der Waals surface area contributed by atoms with Crippen LogP contribution in [0, 0.1) is 0 Å². The van der Waals surface area contributed by atoms with Gasteiger partial charge in [-0.3, -0.25) is 0 Å². The third-order valence-corrected chi connectivity index (χ3v) is 2.25. The minimum Gasteiger partial charge on any atom is -0.379 e. The molecule has 8 heteroatoms. The highest BCUT2D eigenvalue weighted by molar-refractivity contribution is 6.28. The topological polar surface area (TPSA) is 81.2 Å². The first-order valence-corrected chi connectivity index (χ1v) is 6.62. The van der Waals surface area contributed by atoms with Gasteiger partial charge in [0.15, 0.2) is 0 Å². The minimum atomic E-state index is 0.149. The Labute approximate surface area is 118 Å². The average Bonchev–Trinajstić information content (AvgIpc) is 2.41. The van der Waals surface area contributed by atoms with Crippen molar-refractivity contribution in [2.75, 3.05) is 50.7 Å². The normalized spacial score (nSPS) is 10.5. The highest BCUT2D eigenvalue weighted by atomic mass is 35.5. The number of halogens is 1. The van der Waals surface area contributed by atoms with Gasteiger partial charge in [0.25, 0.3) is 0 Å². The van der Waals surface area contributed by atoms with Crippen LogP contribution in [0.15, 0.2) is 0 Å². The van der Waals surface area contributed by atoms with Crippen LogP contribution < -0.4 is 10.6 Å². The monoisotopic (exact) mass is 289 g/mol. The standard InChI is InChI=1S/C11H20ClN5O2/c1-3-5-18-7-8-19-6-4-14-11-16-9(12)15-10(13-2)17-11/h3-8H2,1-2H3,(H2,13,14,15,16,17). The van der Waals surface area contributed by atoms with Crippen LogP contribution >= 0.6 is 11.6 Å². The van der Waals surface area contributed by atoms with Crippen molar-refractivity contribution in [2.24, 2.45) is 0 Å². The lowest BCUT2D eigenvalue weighted by molar-refractivity contribution is 0.0518. The number of ether oxygens (including phenoxy) is 2. The van der Waals surface area contributed by atoms with Crippen molar-refractivity contribution in [3.05, 3.63) is 5.28 Å². The van der Waals surface area contributed by atoms with E-state index in [0.717, 1.165) is 13.0 Å². The lowest BCUT2D eigenvalue weighted by Gasteiger charge is -2.07. The molecule has 2 N–H and O–H groups in total. The van der Waals surface area contributed by atoms with E-state index < -0.39 is 0 Å². The zero-order chi connectivity index (χ0) is 13.9. The van der Waals surface area contributed by atoms with Crippen molar-refractivity contribution in [3.8, 4) is 0 Å². The highest BCUT2D eigenvalue weighted by Crippen LogP contribution is 2.08. The lowest BCUT2D eigenvalue weighted by Crippen LogP contribution is -2.14. The van der Waals surface area contributed by atoms with Gasteiger partial charge in [0, 0.05) is 20.2 Å². The second-order valence-corrected chi connectivity index (χ2v) is 3.99.